The first kappa shape index (κ1) is 37.3. The quantitative estimate of drug-likeness (QED) is 0.148. The number of benzene rings is 11. The molecule has 12 rings (SSSR count). The van der Waals surface area contributed by atoms with Crippen molar-refractivity contribution in [1.29, 1.82) is 0 Å². The fourth-order valence-electron chi connectivity index (χ4n) is 9.66. The van der Waals surface area contributed by atoms with Crippen molar-refractivity contribution in [2.24, 2.45) is 0 Å². The SMILES string of the molecule is c1ccc(-c2ccc(-c3ccc(N(c4ccc(-c5cccc6ccccc56)cc4)c4cccc(-c5cccc6c5c5cc7ccccc7cc5n6-c5ccccc5)c4)cc3)cc2)cc1. The zero-order chi connectivity index (χ0) is 42.4. The minimum absolute atomic E-state index is 1.09. The fourth-order valence-corrected chi connectivity index (χ4v) is 9.66. The summed E-state index contributed by atoms with van der Waals surface area (Å²) in [6.07, 6.45) is 0. The maximum Gasteiger partial charge on any atom is 0.0547 e. The third kappa shape index (κ3) is 6.61. The van der Waals surface area contributed by atoms with Crippen LogP contribution in [0.3, 0.4) is 0 Å². The topological polar surface area (TPSA) is 8.17 Å². The van der Waals surface area contributed by atoms with Gasteiger partial charge in [-0.1, -0.05) is 188 Å². The van der Waals surface area contributed by atoms with Crippen LogP contribution in [-0.2, 0) is 0 Å². The van der Waals surface area contributed by atoms with Gasteiger partial charge >= 0.3 is 0 Å². The molecule has 0 aliphatic rings. The van der Waals surface area contributed by atoms with Crippen molar-refractivity contribution in [3.63, 3.8) is 0 Å². The number of anilines is 3. The highest BCUT2D eigenvalue weighted by molar-refractivity contribution is 6.18. The summed E-state index contributed by atoms with van der Waals surface area (Å²) >= 11 is 0. The van der Waals surface area contributed by atoms with Gasteiger partial charge < -0.3 is 9.47 Å². The molecule has 0 fully saturated rings. The van der Waals surface area contributed by atoms with Gasteiger partial charge in [-0.05, 0) is 133 Å². The molecule has 0 amide bonds. The molecule has 12 aromatic rings. The molecule has 1 heterocycles. The zero-order valence-corrected chi connectivity index (χ0v) is 35.1. The Morgan fingerprint density at radius 3 is 1.47 bits per heavy atom. The van der Waals surface area contributed by atoms with Crippen LogP contribution in [0, 0.1) is 0 Å². The zero-order valence-electron chi connectivity index (χ0n) is 35.1. The van der Waals surface area contributed by atoms with E-state index in [9.17, 15) is 0 Å². The number of para-hydroxylation sites is 1. The minimum Gasteiger partial charge on any atom is -0.310 e. The Hall–Kier alpha value is -8.46. The molecule has 2 nitrogen and oxygen atoms in total. The number of nitrogens with zero attached hydrogens (tertiary/aromatic N) is 2. The van der Waals surface area contributed by atoms with Crippen LogP contribution < -0.4 is 4.90 Å². The Balaban J connectivity index is 0.992. The lowest BCUT2D eigenvalue weighted by Crippen LogP contribution is -2.10. The Kier molecular flexibility index (Phi) is 9.20. The first-order valence-electron chi connectivity index (χ1n) is 22.0. The number of hydrogen-bond acceptors (Lipinski definition) is 1. The number of rotatable bonds is 8. The first-order valence-corrected chi connectivity index (χ1v) is 22.0. The van der Waals surface area contributed by atoms with Crippen LogP contribution in [-0.4, -0.2) is 4.57 Å². The molecule has 0 saturated carbocycles. The second-order valence-electron chi connectivity index (χ2n) is 16.5. The van der Waals surface area contributed by atoms with E-state index >= 15 is 0 Å². The van der Waals surface area contributed by atoms with Crippen LogP contribution in [0.15, 0.2) is 255 Å². The van der Waals surface area contributed by atoms with Crippen molar-refractivity contribution >= 4 is 60.4 Å². The molecule has 0 aliphatic heterocycles. The Morgan fingerprint density at radius 2 is 0.766 bits per heavy atom. The van der Waals surface area contributed by atoms with E-state index in [2.05, 4.69) is 264 Å². The molecule has 2 heteroatoms. The van der Waals surface area contributed by atoms with Crippen molar-refractivity contribution in [2.45, 2.75) is 0 Å². The minimum atomic E-state index is 1.09. The summed E-state index contributed by atoms with van der Waals surface area (Å²) in [5.74, 6) is 0. The average Bonchev–Trinajstić information content (AvgIpc) is 3.70. The van der Waals surface area contributed by atoms with Crippen molar-refractivity contribution in [3.05, 3.63) is 255 Å². The van der Waals surface area contributed by atoms with E-state index in [4.69, 9.17) is 0 Å². The van der Waals surface area contributed by atoms with Crippen molar-refractivity contribution in [2.75, 3.05) is 4.90 Å². The molecule has 1 aromatic heterocycles. The molecule has 0 radical (unpaired) electrons. The van der Waals surface area contributed by atoms with Gasteiger partial charge in [0.2, 0.25) is 0 Å². The van der Waals surface area contributed by atoms with Crippen molar-refractivity contribution in [3.8, 4) is 50.2 Å². The molecule has 0 bridgehead atoms. The second kappa shape index (κ2) is 15.8. The predicted octanol–water partition coefficient (Wildman–Crippen LogP) is 17.2. The molecule has 0 saturated heterocycles. The van der Waals surface area contributed by atoms with Gasteiger partial charge in [-0.15, -0.1) is 0 Å². The van der Waals surface area contributed by atoms with Gasteiger partial charge in [0.05, 0.1) is 11.0 Å². The van der Waals surface area contributed by atoms with E-state index < -0.39 is 0 Å². The molecular formula is C62H42N2. The number of hydrogen-bond donors (Lipinski definition) is 0. The monoisotopic (exact) mass is 814 g/mol. The van der Waals surface area contributed by atoms with E-state index in [-0.39, 0.29) is 0 Å². The van der Waals surface area contributed by atoms with Crippen LogP contribution in [0.1, 0.15) is 0 Å². The maximum absolute atomic E-state index is 2.42. The van der Waals surface area contributed by atoms with Gasteiger partial charge in [-0.25, -0.2) is 0 Å². The summed E-state index contributed by atoms with van der Waals surface area (Å²) in [7, 11) is 0. The van der Waals surface area contributed by atoms with Crippen LogP contribution in [0.2, 0.25) is 0 Å². The number of aromatic nitrogens is 1. The van der Waals surface area contributed by atoms with Gasteiger partial charge in [0.15, 0.2) is 0 Å². The van der Waals surface area contributed by atoms with Crippen LogP contribution in [0.25, 0.3) is 93.5 Å². The maximum atomic E-state index is 2.42. The average molecular weight is 815 g/mol. The summed E-state index contributed by atoms with van der Waals surface area (Å²) in [6.45, 7) is 0. The standard InChI is InChI=1S/C62H42N2/c1-3-14-43(15-4-1)44-28-30-45(31-29-44)46-32-36-53(37-33-46)63(54-38-34-48(35-39-54)57-25-12-19-47-16-9-10-24-56(47)57)55-23-11-20-51(40-55)58-26-13-27-60-62(58)59-41-49-17-7-8-18-50(49)42-61(59)64(60)52-21-5-2-6-22-52/h1-42H. The molecule has 300 valence electrons. The Morgan fingerprint density at radius 1 is 0.266 bits per heavy atom. The largest absolute Gasteiger partial charge is 0.310 e. The van der Waals surface area contributed by atoms with E-state index in [1.165, 1.54) is 82.3 Å². The normalized spacial score (nSPS) is 11.4. The Bertz CT molecular complexity index is 3620. The van der Waals surface area contributed by atoms with Gasteiger partial charge in [0.25, 0.3) is 0 Å². The third-order valence-corrected chi connectivity index (χ3v) is 12.8. The van der Waals surface area contributed by atoms with Crippen molar-refractivity contribution < 1.29 is 0 Å². The summed E-state index contributed by atoms with van der Waals surface area (Å²) < 4.78 is 2.42. The van der Waals surface area contributed by atoms with Crippen LogP contribution in [0.5, 0.6) is 0 Å². The fraction of sp³-hybridized carbons (Fsp3) is 0. The lowest BCUT2D eigenvalue weighted by molar-refractivity contribution is 1.18. The summed E-state index contributed by atoms with van der Waals surface area (Å²) in [6, 6.07) is 92.7. The van der Waals surface area contributed by atoms with Gasteiger partial charge in [-0.2, -0.15) is 0 Å². The molecule has 0 N–H and O–H groups in total. The van der Waals surface area contributed by atoms with Crippen molar-refractivity contribution in [1.82, 2.24) is 4.57 Å². The second-order valence-corrected chi connectivity index (χ2v) is 16.5. The van der Waals surface area contributed by atoms with E-state index in [1.807, 2.05) is 0 Å². The lowest BCUT2D eigenvalue weighted by atomic mass is 9.97. The van der Waals surface area contributed by atoms with Gasteiger partial charge in [0.1, 0.15) is 0 Å². The molecule has 0 atom stereocenters. The number of fused-ring (bicyclic) bond motifs is 5. The molecule has 0 aliphatic carbocycles. The summed E-state index contributed by atoms with van der Waals surface area (Å²) in [5, 5.41) is 7.46. The Labute approximate surface area is 373 Å². The molecule has 64 heavy (non-hydrogen) atoms. The van der Waals surface area contributed by atoms with E-state index in [0.717, 1.165) is 28.3 Å². The van der Waals surface area contributed by atoms with Crippen LogP contribution in [0.4, 0.5) is 17.1 Å². The molecule has 0 unspecified atom stereocenters. The first-order chi connectivity index (χ1) is 31.7. The lowest BCUT2D eigenvalue weighted by Gasteiger charge is -2.26. The highest BCUT2D eigenvalue weighted by Crippen LogP contribution is 2.43. The molecule has 0 spiro atoms. The smallest absolute Gasteiger partial charge is 0.0547 e. The van der Waals surface area contributed by atoms with Gasteiger partial charge in [-0.3, -0.25) is 0 Å². The highest BCUT2D eigenvalue weighted by Gasteiger charge is 2.19. The third-order valence-electron chi connectivity index (χ3n) is 12.8. The molecule has 11 aromatic carbocycles. The molecular weight excluding hydrogens is 773 g/mol. The summed E-state index contributed by atoms with van der Waals surface area (Å²) in [4.78, 5) is 2.39. The highest BCUT2D eigenvalue weighted by atomic mass is 15.1. The van der Waals surface area contributed by atoms with E-state index in [0.29, 0.717) is 0 Å². The van der Waals surface area contributed by atoms with E-state index in [1.54, 1.807) is 0 Å². The summed E-state index contributed by atoms with van der Waals surface area (Å²) in [5.41, 5.74) is 16.4. The van der Waals surface area contributed by atoms with Crippen LogP contribution >= 0.6 is 0 Å². The van der Waals surface area contributed by atoms with Gasteiger partial charge in [0, 0.05) is 33.5 Å². The predicted molar refractivity (Wildman–Crippen MR) is 272 cm³/mol.